The third-order valence-corrected chi connectivity index (χ3v) is 1.93. The molecule has 0 aromatic carbocycles. The highest BCUT2D eigenvalue weighted by Crippen LogP contribution is 2.27. The molecule has 0 atom stereocenters. The summed E-state index contributed by atoms with van der Waals surface area (Å²) in [5.74, 6) is -0.172. The van der Waals surface area contributed by atoms with E-state index in [-0.39, 0.29) is 18.8 Å². The Morgan fingerprint density at radius 3 is 3.00 bits per heavy atom. The lowest BCUT2D eigenvalue weighted by Gasteiger charge is -1.93. The Morgan fingerprint density at radius 2 is 2.55 bits per heavy atom. The number of hydrogen-bond acceptors (Lipinski definition) is 4. The maximum Gasteiger partial charge on any atom is 0.293 e. The number of hydrogen-bond donors (Lipinski definition) is 1. The van der Waals surface area contributed by atoms with Gasteiger partial charge in [0, 0.05) is 6.07 Å². The second-order valence-corrected chi connectivity index (χ2v) is 2.85. The van der Waals surface area contributed by atoms with Crippen LogP contribution in [-0.2, 0) is 16.1 Å². The number of halogens is 1. The normalized spacial score (nSPS) is 9.55. The van der Waals surface area contributed by atoms with Crippen molar-refractivity contribution >= 4 is 17.8 Å². The number of rotatable bonds is 3. The largest absolute Gasteiger partial charge is 0.507 e. The van der Waals surface area contributed by atoms with Crippen LogP contribution in [-0.4, -0.2) is 11.6 Å². The lowest BCUT2D eigenvalue weighted by Crippen LogP contribution is -1.85. The standard InChI is InChI=1S/C6H5FO3S/c7-6-1-4(9)5(11-6)2-10-3-8/h1,3,9H,2H2. The van der Waals surface area contributed by atoms with Crippen molar-refractivity contribution in [1.29, 1.82) is 0 Å². The molecule has 0 saturated heterocycles. The van der Waals surface area contributed by atoms with Crippen LogP contribution < -0.4 is 0 Å². The van der Waals surface area contributed by atoms with Crippen molar-refractivity contribution in [3.63, 3.8) is 0 Å². The fourth-order valence-corrected chi connectivity index (χ4v) is 1.30. The van der Waals surface area contributed by atoms with E-state index in [4.69, 9.17) is 5.11 Å². The topological polar surface area (TPSA) is 46.5 Å². The molecular weight excluding hydrogens is 171 g/mol. The van der Waals surface area contributed by atoms with Crippen molar-refractivity contribution in [2.45, 2.75) is 6.61 Å². The van der Waals surface area contributed by atoms with E-state index in [0.29, 0.717) is 4.88 Å². The van der Waals surface area contributed by atoms with Gasteiger partial charge in [-0.1, -0.05) is 0 Å². The van der Waals surface area contributed by atoms with Gasteiger partial charge in [-0.3, -0.25) is 4.79 Å². The van der Waals surface area contributed by atoms with E-state index in [2.05, 4.69) is 4.74 Å². The van der Waals surface area contributed by atoms with Crippen LogP contribution in [0.15, 0.2) is 6.07 Å². The molecule has 1 aromatic rings. The van der Waals surface area contributed by atoms with E-state index in [9.17, 15) is 9.18 Å². The second kappa shape index (κ2) is 3.34. The highest BCUT2D eigenvalue weighted by atomic mass is 32.1. The van der Waals surface area contributed by atoms with Gasteiger partial charge in [0.05, 0.1) is 4.88 Å². The van der Waals surface area contributed by atoms with Crippen molar-refractivity contribution in [3.8, 4) is 5.75 Å². The molecule has 0 unspecified atom stereocenters. The first-order chi connectivity index (χ1) is 5.24. The van der Waals surface area contributed by atoms with E-state index in [1.165, 1.54) is 0 Å². The highest BCUT2D eigenvalue weighted by Gasteiger charge is 2.06. The highest BCUT2D eigenvalue weighted by molar-refractivity contribution is 7.10. The summed E-state index contributed by atoms with van der Waals surface area (Å²) in [6.07, 6.45) is 0. The Labute approximate surface area is 66.0 Å². The molecule has 0 radical (unpaired) electrons. The van der Waals surface area contributed by atoms with Crippen LogP contribution >= 0.6 is 11.3 Å². The van der Waals surface area contributed by atoms with Crippen molar-refractivity contribution in [1.82, 2.24) is 0 Å². The molecule has 1 heterocycles. The van der Waals surface area contributed by atoms with Crippen LogP contribution in [0, 0.1) is 5.13 Å². The van der Waals surface area contributed by atoms with Crippen LogP contribution in [0.4, 0.5) is 4.39 Å². The molecule has 0 saturated carbocycles. The number of thiophene rings is 1. The molecule has 1 rings (SSSR count). The van der Waals surface area contributed by atoms with Crippen LogP contribution in [0.1, 0.15) is 4.88 Å². The van der Waals surface area contributed by atoms with Gasteiger partial charge < -0.3 is 9.84 Å². The second-order valence-electron chi connectivity index (χ2n) is 1.77. The zero-order valence-corrected chi connectivity index (χ0v) is 6.23. The van der Waals surface area contributed by atoms with Crippen molar-refractivity contribution < 1.29 is 19.0 Å². The first-order valence-corrected chi connectivity index (χ1v) is 3.58. The van der Waals surface area contributed by atoms with Crippen molar-refractivity contribution in [2.75, 3.05) is 0 Å². The zero-order chi connectivity index (χ0) is 8.27. The Bertz CT molecular complexity index is 258. The van der Waals surface area contributed by atoms with E-state index < -0.39 is 5.13 Å². The quantitative estimate of drug-likeness (QED) is 0.705. The first-order valence-electron chi connectivity index (χ1n) is 2.76. The summed E-state index contributed by atoms with van der Waals surface area (Å²) in [4.78, 5) is 10.0. The fourth-order valence-electron chi connectivity index (χ4n) is 0.601. The van der Waals surface area contributed by atoms with Crippen molar-refractivity contribution in [3.05, 3.63) is 16.1 Å². The Kier molecular flexibility index (Phi) is 2.43. The molecule has 5 heteroatoms. The molecule has 0 aliphatic heterocycles. The summed E-state index contributed by atoms with van der Waals surface area (Å²) in [7, 11) is 0. The molecule has 0 fully saturated rings. The average Bonchev–Trinajstić information content (AvgIpc) is 2.26. The minimum absolute atomic E-state index is 0.0794. The van der Waals surface area contributed by atoms with Crippen LogP contribution in [0.3, 0.4) is 0 Å². The summed E-state index contributed by atoms with van der Waals surface area (Å²) >= 11 is 0.754. The van der Waals surface area contributed by atoms with Crippen LogP contribution in [0.25, 0.3) is 0 Å². The average molecular weight is 176 g/mol. The lowest BCUT2D eigenvalue weighted by atomic mass is 10.4. The summed E-state index contributed by atoms with van der Waals surface area (Å²) in [6.45, 7) is 0.168. The smallest absolute Gasteiger partial charge is 0.293 e. The zero-order valence-electron chi connectivity index (χ0n) is 5.41. The summed E-state index contributed by atoms with van der Waals surface area (Å²) in [5.41, 5.74) is 0. The Morgan fingerprint density at radius 1 is 1.82 bits per heavy atom. The number of carbonyl (C=O) groups is 1. The molecule has 0 spiro atoms. The maximum absolute atomic E-state index is 12.3. The maximum atomic E-state index is 12.3. The van der Waals surface area contributed by atoms with E-state index >= 15 is 0 Å². The van der Waals surface area contributed by atoms with Gasteiger partial charge in [0.15, 0.2) is 5.13 Å². The Hall–Kier alpha value is -1.10. The summed E-state index contributed by atoms with van der Waals surface area (Å²) in [5, 5.41) is 8.44. The van der Waals surface area contributed by atoms with Crippen LogP contribution in [0.5, 0.6) is 5.75 Å². The van der Waals surface area contributed by atoms with Gasteiger partial charge in [0.25, 0.3) is 6.47 Å². The van der Waals surface area contributed by atoms with Crippen LogP contribution in [0.2, 0.25) is 0 Å². The third kappa shape index (κ3) is 1.91. The van der Waals surface area contributed by atoms with Gasteiger partial charge in [-0.15, -0.1) is 11.3 Å². The minimum Gasteiger partial charge on any atom is -0.507 e. The molecule has 0 bridgehead atoms. The lowest BCUT2D eigenvalue weighted by molar-refractivity contribution is -0.129. The predicted molar refractivity (Wildman–Crippen MR) is 36.8 cm³/mol. The van der Waals surface area contributed by atoms with E-state index in [1.54, 1.807) is 0 Å². The fraction of sp³-hybridized carbons (Fsp3) is 0.167. The molecule has 0 aliphatic rings. The number of aromatic hydroxyl groups is 1. The summed E-state index contributed by atoms with van der Waals surface area (Å²) in [6, 6.07) is 0.980. The molecule has 11 heavy (non-hydrogen) atoms. The predicted octanol–water partition coefficient (Wildman–Crippen LogP) is 1.27. The Balaban J connectivity index is 2.69. The number of ether oxygens (including phenoxy) is 1. The molecule has 0 amide bonds. The van der Waals surface area contributed by atoms with Gasteiger partial charge in [0.1, 0.15) is 12.4 Å². The van der Waals surface area contributed by atoms with E-state index in [0.717, 1.165) is 17.4 Å². The number of carbonyl (C=O) groups excluding carboxylic acids is 1. The third-order valence-electron chi connectivity index (χ3n) is 1.04. The summed E-state index contributed by atoms with van der Waals surface area (Å²) < 4.78 is 16.6. The van der Waals surface area contributed by atoms with Gasteiger partial charge >= 0.3 is 0 Å². The van der Waals surface area contributed by atoms with Gasteiger partial charge in [0.2, 0.25) is 0 Å². The monoisotopic (exact) mass is 176 g/mol. The minimum atomic E-state index is -0.494. The van der Waals surface area contributed by atoms with Crippen molar-refractivity contribution in [2.24, 2.45) is 0 Å². The molecular formula is C6H5FO3S. The molecule has 1 N–H and O–H groups in total. The SMILES string of the molecule is O=COCc1sc(F)cc1O. The van der Waals surface area contributed by atoms with E-state index in [1.807, 2.05) is 0 Å². The van der Waals surface area contributed by atoms with Gasteiger partial charge in [-0.05, 0) is 0 Å². The molecule has 60 valence electrons. The van der Waals surface area contributed by atoms with Gasteiger partial charge in [-0.2, -0.15) is 4.39 Å². The molecule has 0 aliphatic carbocycles. The molecule has 3 nitrogen and oxygen atoms in total. The van der Waals surface area contributed by atoms with Gasteiger partial charge in [-0.25, -0.2) is 0 Å². The molecule has 1 aromatic heterocycles. The first kappa shape index (κ1) is 8.00.